The fourth-order valence-electron chi connectivity index (χ4n) is 2.18. The van der Waals surface area contributed by atoms with Crippen molar-refractivity contribution in [1.29, 1.82) is 0 Å². The smallest absolute Gasteiger partial charge is 0.00670 e. The van der Waals surface area contributed by atoms with Crippen molar-refractivity contribution in [3.8, 4) is 11.1 Å². The maximum Gasteiger partial charge on any atom is -0.00670 e. The molecule has 0 aliphatic carbocycles. The molecule has 2 aromatic carbocycles. The van der Waals surface area contributed by atoms with Gasteiger partial charge in [0.15, 0.2) is 0 Å². The van der Waals surface area contributed by atoms with Gasteiger partial charge in [-0.1, -0.05) is 47.0 Å². The van der Waals surface area contributed by atoms with Crippen LogP contribution in [-0.4, -0.2) is 0 Å². The lowest BCUT2D eigenvalue weighted by molar-refractivity contribution is 1.35. The third-order valence-electron chi connectivity index (χ3n) is 2.68. The molecular weight excluding hydrogens is 192 g/mol. The summed E-state index contributed by atoms with van der Waals surface area (Å²) in [5, 5.41) is 0. The third kappa shape index (κ3) is 2.33. The summed E-state index contributed by atoms with van der Waals surface area (Å²) in [6, 6.07) is 14.4. The van der Waals surface area contributed by atoms with Crippen molar-refractivity contribution in [2.45, 2.75) is 27.7 Å². The molecule has 0 aromatic heterocycles. The molecule has 0 fully saturated rings. The van der Waals surface area contributed by atoms with Gasteiger partial charge in [0.2, 0.25) is 0 Å². The van der Waals surface area contributed by atoms with E-state index in [1.54, 1.807) is 0 Å². The summed E-state index contributed by atoms with van der Waals surface area (Å²) >= 11 is 0. The van der Waals surface area contributed by atoms with E-state index in [1.165, 1.54) is 33.4 Å². The number of benzene rings is 2. The second-order valence-electron chi connectivity index (χ2n) is 4.63. The molecule has 0 spiro atoms. The van der Waals surface area contributed by atoms with E-state index in [-0.39, 0.29) is 0 Å². The standard InChI is InChI=1S/C16H17/c1-11-5-12(2)8-15(7-11)16-9-13(3)6-14(4)10-16/h5-9H,1-4H3. The lowest BCUT2D eigenvalue weighted by atomic mass is 9.98. The summed E-state index contributed by atoms with van der Waals surface area (Å²) in [6.45, 7) is 8.50. The fourth-order valence-corrected chi connectivity index (χ4v) is 2.18. The van der Waals surface area contributed by atoms with Crippen LogP contribution < -0.4 is 0 Å². The van der Waals surface area contributed by atoms with E-state index in [4.69, 9.17) is 0 Å². The zero-order valence-corrected chi connectivity index (χ0v) is 10.4. The number of rotatable bonds is 1. The van der Waals surface area contributed by atoms with Crippen LogP contribution in [0.1, 0.15) is 22.3 Å². The Balaban J connectivity index is 2.57. The van der Waals surface area contributed by atoms with E-state index in [0.717, 1.165) is 0 Å². The molecular formula is C16H17. The Labute approximate surface area is 97.9 Å². The Morgan fingerprint density at radius 2 is 1.25 bits per heavy atom. The molecule has 0 N–H and O–H groups in total. The van der Waals surface area contributed by atoms with Crippen LogP contribution in [-0.2, 0) is 0 Å². The van der Waals surface area contributed by atoms with Crippen LogP contribution in [0.4, 0.5) is 0 Å². The second-order valence-corrected chi connectivity index (χ2v) is 4.63. The van der Waals surface area contributed by atoms with Gasteiger partial charge >= 0.3 is 0 Å². The zero-order chi connectivity index (χ0) is 11.7. The van der Waals surface area contributed by atoms with Crippen molar-refractivity contribution >= 4 is 0 Å². The quantitative estimate of drug-likeness (QED) is 0.653. The SMILES string of the molecule is Cc1[c]c(-c2cc(C)cc(C)c2)cc(C)c1. The summed E-state index contributed by atoms with van der Waals surface area (Å²) in [5.41, 5.74) is 7.58. The molecule has 0 saturated carbocycles. The summed E-state index contributed by atoms with van der Waals surface area (Å²) in [5.74, 6) is 0. The summed E-state index contributed by atoms with van der Waals surface area (Å²) in [7, 11) is 0. The fraction of sp³-hybridized carbons (Fsp3) is 0.250. The molecule has 0 unspecified atom stereocenters. The van der Waals surface area contributed by atoms with Gasteiger partial charge in [-0.25, -0.2) is 0 Å². The first-order chi connectivity index (χ1) is 7.54. The van der Waals surface area contributed by atoms with Crippen molar-refractivity contribution in [3.05, 3.63) is 58.7 Å². The zero-order valence-electron chi connectivity index (χ0n) is 10.4. The minimum atomic E-state index is 1.20. The predicted molar refractivity (Wildman–Crippen MR) is 69.7 cm³/mol. The highest BCUT2D eigenvalue weighted by Crippen LogP contribution is 2.23. The highest BCUT2D eigenvalue weighted by molar-refractivity contribution is 5.66. The van der Waals surface area contributed by atoms with Gasteiger partial charge in [-0.3, -0.25) is 0 Å². The van der Waals surface area contributed by atoms with Crippen LogP contribution in [0, 0.1) is 33.8 Å². The normalized spacial score (nSPS) is 10.5. The first-order valence-corrected chi connectivity index (χ1v) is 5.64. The highest BCUT2D eigenvalue weighted by atomic mass is 14.1. The van der Waals surface area contributed by atoms with Crippen LogP contribution >= 0.6 is 0 Å². The van der Waals surface area contributed by atoms with Crippen LogP contribution in [0.25, 0.3) is 11.1 Å². The molecule has 0 bridgehead atoms. The first-order valence-electron chi connectivity index (χ1n) is 5.64. The molecule has 0 amide bonds. The van der Waals surface area contributed by atoms with Gasteiger partial charge in [0.05, 0.1) is 0 Å². The Bertz CT molecular complexity index is 432. The van der Waals surface area contributed by atoms with Crippen molar-refractivity contribution in [2.75, 3.05) is 0 Å². The molecule has 0 aliphatic rings. The van der Waals surface area contributed by atoms with Crippen molar-refractivity contribution in [1.82, 2.24) is 0 Å². The van der Waals surface area contributed by atoms with Crippen molar-refractivity contribution in [2.24, 2.45) is 0 Å². The highest BCUT2D eigenvalue weighted by Gasteiger charge is 2.01. The number of hydrogen-bond donors (Lipinski definition) is 0. The van der Waals surface area contributed by atoms with E-state index in [1.807, 2.05) is 0 Å². The maximum atomic E-state index is 3.42. The van der Waals surface area contributed by atoms with Gasteiger partial charge in [-0.15, -0.1) is 0 Å². The summed E-state index contributed by atoms with van der Waals surface area (Å²) in [4.78, 5) is 0. The summed E-state index contributed by atoms with van der Waals surface area (Å²) in [6.07, 6.45) is 0. The largest absolute Gasteiger partial charge is 0.0563 e. The van der Waals surface area contributed by atoms with E-state index >= 15 is 0 Å². The van der Waals surface area contributed by atoms with Gasteiger partial charge < -0.3 is 0 Å². The van der Waals surface area contributed by atoms with E-state index in [9.17, 15) is 0 Å². The lowest BCUT2D eigenvalue weighted by Crippen LogP contribution is -1.86. The molecule has 81 valence electrons. The molecule has 2 aromatic rings. The minimum Gasteiger partial charge on any atom is -0.0563 e. The van der Waals surface area contributed by atoms with Gasteiger partial charge in [0, 0.05) is 0 Å². The average molecular weight is 209 g/mol. The first kappa shape index (κ1) is 10.9. The van der Waals surface area contributed by atoms with Crippen LogP contribution in [0.15, 0.2) is 30.3 Å². The molecule has 0 nitrogen and oxygen atoms in total. The monoisotopic (exact) mass is 209 g/mol. The molecule has 0 atom stereocenters. The minimum absolute atomic E-state index is 1.20. The molecule has 0 saturated heterocycles. The molecule has 0 heteroatoms. The van der Waals surface area contributed by atoms with Gasteiger partial charge in [0.25, 0.3) is 0 Å². The van der Waals surface area contributed by atoms with Crippen molar-refractivity contribution in [3.63, 3.8) is 0 Å². The van der Waals surface area contributed by atoms with Gasteiger partial charge in [0.1, 0.15) is 0 Å². The molecule has 0 aliphatic heterocycles. The van der Waals surface area contributed by atoms with Gasteiger partial charge in [-0.2, -0.15) is 0 Å². The number of aryl methyl sites for hydroxylation is 4. The summed E-state index contributed by atoms with van der Waals surface area (Å²) < 4.78 is 0. The lowest BCUT2D eigenvalue weighted by Gasteiger charge is -2.07. The van der Waals surface area contributed by atoms with E-state index in [0.29, 0.717) is 0 Å². The Kier molecular flexibility index (Phi) is 2.82. The maximum absolute atomic E-state index is 3.42. The molecule has 0 heterocycles. The number of hydrogen-bond acceptors (Lipinski definition) is 0. The molecule has 2 rings (SSSR count). The average Bonchev–Trinajstić information content (AvgIpc) is 2.14. The Morgan fingerprint density at radius 1 is 0.688 bits per heavy atom. The Morgan fingerprint density at radius 3 is 1.81 bits per heavy atom. The van der Waals surface area contributed by atoms with Crippen LogP contribution in [0.2, 0.25) is 0 Å². The Hall–Kier alpha value is -1.56. The molecule has 1 radical (unpaired) electrons. The van der Waals surface area contributed by atoms with E-state index < -0.39 is 0 Å². The van der Waals surface area contributed by atoms with Crippen molar-refractivity contribution < 1.29 is 0 Å². The van der Waals surface area contributed by atoms with Gasteiger partial charge in [-0.05, 0) is 50.5 Å². The molecule has 16 heavy (non-hydrogen) atoms. The topological polar surface area (TPSA) is 0 Å². The van der Waals surface area contributed by atoms with Crippen LogP contribution in [0.5, 0.6) is 0 Å². The predicted octanol–water partition coefficient (Wildman–Crippen LogP) is 4.39. The van der Waals surface area contributed by atoms with E-state index in [2.05, 4.69) is 64.1 Å². The third-order valence-corrected chi connectivity index (χ3v) is 2.68. The van der Waals surface area contributed by atoms with Crippen LogP contribution in [0.3, 0.4) is 0 Å². The second kappa shape index (κ2) is 4.13.